The van der Waals surface area contributed by atoms with E-state index in [9.17, 15) is 9.59 Å². The number of hydroxylamine groups is 1. The van der Waals surface area contributed by atoms with Crippen LogP contribution in [0.4, 0.5) is 0 Å². The fourth-order valence-electron chi connectivity index (χ4n) is 2.39. The van der Waals surface area contributed by atoms with E-state index in [-0.39, 0.29) is 5.91 Å². The lowest BCUT2D eigenvalue weighted by atomic mass is 9.73. The Kier molecular flexibility index (Phi) is 3.32. The Labute approximate surface area is 112 Å². The van der Waals surface area contributed by atoms with E-state index in [0.29, 0.717) is 6.54 Å². The zero-order valence-corrected chi connectivity index (χ0v) is 11.3. The number of amides is 2. The fraction of sp³-hybridized carbons (Fsp3) is 0.429. The van der Waals surface area contributed by atoms with Crippen molar-refractivity contribution in [3.8, 4) is 0 Å². The number of benzene rings is 1. The van der Waals surface area contributed by atoms with Crippen LogP contribution in [0.1, 0.15) is 25.0 Å². The van der Waals surface area contributed by atoms with Crippen molar-refractivity contribution in [2.75, 3.05) is 6.54 Å². The predicted molar refractivity (Wildman–Crippen MR) is 69.6 cm³/mol. The number of hydrogen-bond acceptors (Lipinski definition) is 3. The van der Waals surface area contributed by atoms with Gasteiger partial charge in [-0.2, -0.15) is 0 Å². The van der Waals surface area contributed by atoms with Crippen LogP contribution < -0.4 is 5.48 Å². The molecule has 2 rings (SSSR count). The molecule has 0 bridgehead atoms. The molecule has 1 fully saturated rings. The maximum Gasteiger partial charge on any atom is 0.265 e. The molecule has 2 amide bonds. The normalized spacial score (nSPS) is 23.8. The van der Waals surface area contributed by atoms with Crippen LogP contribution in [-0.2, 0) is 15.0 Å². The van der Waals surface area contributed by atoms with Crippen LogP contribution in [-0.4, -0.2) is 34.5 Å². The van der Waals surface area contributed by atoms with Gasteiger partial charge in [0.15, 0.2) is 0 Å². The van der Waals surface area contributed by atoms with Gasteiger partial charge < -0.3 is 4.90 Å². The molecule has 102 valence electrons. The lowest BCUT2D eigenvalue weighted by molar-refractivity contribution is -0.159. The Hall–Kier alpha value is -1.88. The average Bonchev–Trinajstić information content (AvgIpc) is 2.43. The molecule has 0 aliphatic carbocycles. The molecule has 1 aromatic carbocycles. The molecule has 1 saturated heterocycles. The first-order valence-corrected chi connectivity index (χ1v) is 6.22. The van der Waals surface area contributed by atoms with Gasteiger partial charge in [0.1, 0.15) is 6.04 Å². The van der Waals surface area contributed by atoms with Crippen molar-refractivity contribution >= 4 is 11.8 Å². The van der Waals surface area contributed by atoms with Gasteiger partial charge in [-0.25, -0.2) is 5.48 Å². The van der Waals surface area contributed by atoms with Gasteiger partial charge in [0, 0.05) is 6.54 Å². The molecule has 2 N–H and O–H groups in total. The topological polar surface area (TPSA) is 69.6 Å². The minimum Gasteiger partial charge on any atom is -0.329 e. The minimum atomic E-state index is -0.656. The number of likely N-dealkylation sites (tertiary alicyclic amines) is 1. The van der Waals surface area contributed by atoms with Crippen molar-refractivity contribution in [3.05, 3.63) is 35.4 Å². The van der Waals surface area contributed by atoms with Gasteiger partial charge >= 0.3 is 0 Å². The largest absolute Gasteiger partial charge is 0.329 e. The van der Waals surface area contributed by atoms with Gasteiger partial charge in [0.2, 0.25) is 5.91 Å². The molecule has 0 spiro atoms. The molecular weight excluding hydrogens is 244 g/mol. The summed E-state index contributed by atoms with van der Waals surface area (Å²) in [4.78, 5) is 25.1. The second-order valence-corrected chi connectivity index (χ2v) is 5.28. The zero-order valence-electron chi connectivity index (χ0n) is 11.3. The molecular formula is C14H18N2O3. The van der Waals surface area contributed by atoms with Gasteiger partial charge in [-0.1, -0.05) is 29.8 Å². The van der Waals surface area contributed by atoms with E-state index in [2.05, 4.69) is 0 Å². The first kappa shape index (κ1) is 13.5. The van der Waals surface area contributed by atoms with Crippen molar-refractivity contribution < 1.29 is 14.8 Å². The third-order valence-corrected chi connectivity index (χ3v) is 3.87. The quantitative estimate of drug-likeness (QED) is 0.485. The van der Waals surface area contributed by atoms with Gasteiger partial charge in [0.25, 0.3) is 5.91 Å². The monoisotopic (exact) mass is 262 g/mol. The Balaban J connectivity index is 2.16. The van der Waals surface area contributed by atoms with E-state index < -0.39 is 17.4 Å². The highest BCUT2D eigenvalue weighted by Crippen LogP contribution is 2.36. The fourth-order valence-corrected chi connectivity index (χ4v) is 2.39. The summed E-state index contributed by atoms with van der Waals surface area (Å²) >= 11 is 0. The van der Waals surface area contributed by atoms with Crippen LogP contribution >= 0.6 is 0 Å². The number of carbonyl (C=O) groups excluding carboxylic acids is 2. The maximum absolute atomic E-state index is 12.3. The smallest absolute Gasteiger partial charge is 0.265 e. The van der Waals surface area contributed by atoms with Crippen molar-refractivity contribution in [1.82, 2.24) is 10.4 Å². The molecule has 2 atom stereocenters. The second-order valence-electron chi connectivity index (χ2n) is 5.28. The van der Waals surface area contributed by atoms with Crippen molar-refractivity contribution in [2.24, 2.45) is 0 Å². The first-order chi connectivity index (χ1) is 8.90. The maximum atomic E-state index is 12.3. The summed E-state index contributed by atoms with van der Waals surface area (Å²) in [6, 6.07) is 7.18. The first-order valence-electron chi connectivity index (χ1n) is 6.22. The highest BCUT2D eigenvalue weighted by atomic mass is 16.5. The Morgan fingerprint density at radius 1 is 1.42 bits per heavy atom. The molecule has 19 heavy (non-hydrogen) atoms. The van der Waals surface area contributed by atoms with Crippen LogP contribution in [0.3, 0.4) is 0 Å². The van der Waals surface area contributed by atoms with Crippen LogP contribution in [0.2, 0.25) is 0 Å². The summed E-state index contributed by atoms with van der Waals surface area (Å²) in [6.07, 6.45) is 0. The summed E-state index contributed by atoms with van der Waals surface area (Å²) in [6.45, 7) is 5.94. The molecule has 2 unspecified atom stereocenters. The van der Waals surface area contributed by atoms with Gasteiger partial charge in [-0.05, 0) is 26.3 Å². The van der Waals surface area contributed by atoms with Crippen LogP contribution in [0.5, 0.6) is 0 Å². The summed E-state index contributed by atoms with van der Waals surface area (Å²) in [5, 5.41) is 8.60. The molecule has 1 aromatic rings. The van der Waals surface area contributed by atoms with E-state index >= 15 is 0 Å². The van der Waals surface area contributed by atoms with Crippen LogP contribution in [0.15, 0.2) is 24.3 Å². The number of β-lactam (4-membered cyclic amide) rings is 1. The lowest BCUT2D eigenvalue weighted by Gasteiger charge is -2.49. The van der Waals surface area contributed by atoms with Crippen LogP contribution in [0, 0.1) is 6.92 Å². The highest BCUT2D eigenvalue weighted by molar-refractivity contribution is 5.97. The predicted octanol–water partition coefficient (Wildman–Crippen LogP) is 0.989. The number of aryl methyl sites for hydroxylation is 1. The zero-order chi connectivity index (χ0) is 14.2. The molecule has 0 saturated carbocycles. The third kappa shape index (κ3) is 2.10. The number of nitrogens with one attached hydrogen (secondary N) is 1. The summed E-state index contributed by atoms with van der Waals surface area (Å²) in [7, 11) is 0. The molecule has 1 aliphatic heterocycles. The van der Waals surface area contributed by atoms with Crippen molar-refractivity contribution in [1.29, 1.82) is 0 Å². The van der Waals surface area contributed by atoms with Gasteiger partial charge in [-0.15, -0.1) is 0 Å². The molecule has 1 aliphatic rings. The molecule has 0 radical (unpaired) electrons. The van der Waals surface area contributed by atoms with Crippen molar-refractivity contribution in [2.45, 2.75) is 32.2 Å². The Bertz CT molecular complexity index is 512. The van der Waals surface area contributed by atoms with E-state index in [0.717, 1.165) is 11.1 Å². The standard InChI is InChI=1S/C14H18N2O3/c1-9-4-6-11(7-5-9)14(3)8-16(13(14)18)10(2)12(17)15-19/h4-7,10,19H,8H2,1-3H3,(H,15,17). The SMILES string of the molecule is Cc1ccc(C2(C)CN(C(C)C(=O)NO)C2=O)cc1. The molecule has 5 nitrogen and oxygen atoms in total. The number of carbonyl (C=O) groups is 2. The second kappa shape index (κ2) is 4.66. The molecule has 0 aromatic heterocycles. The van der Waals surface area contributed by atoms with Gasteiger partial charge in [0.05, 0.1) is 5.41 Å². The van der Waals surface area contributed by atoms with E-state index in [1.807, 2.05) is 38.1 Å². The van der Waals surface area contributed by atoms with E-state index in [4.69, 9.17) is 5.21 Å². The lowest BCUT2D eigenvalue weighted by Crippen LogP contribution is -2.67. The van der Waals surface area contributed by atoms with Gasteiger partial charge in [-0.3, -0.25) is 14.8 Å². The molecule has 5 heteroatoms. The summed E-state index contributed by atoms with van der Waals surface area (Å²) in [5.74, 6) is -0.660. The number of nitrogens with zero attached hydrogens (tertiary/aromatic N) is 1. The summed E-state index contributed by atoms with van der Waals surface area (Å²) < 4.78 is 0. The number of rotatable bonds is 3. The van der Waals surface area contributed by atoms with E-state index in [1.54, 1.807) is 12.4 Å². The molecule has 1 heterocycles. The van der Waals surface area contributed by atoms with E-state index in [1.165, 1.54) is 4.90 Å². The van der Waals surface area contributed by atoms with Crippen LogP contribution in [0.25, 0.3) is 0 Å². The minimum absolute atomic E-state index is 0.0903. The summed E-state index contributed by atoms with van der Waals surface area (Å²) in [5.41, 5.74) is 3.10. The van der Waals surface area contributed by atoms with Crippen molar-refractivity contribution in [3.63, 3.8) is 0 Å². The third-order valence-electron chi connectivity index (χ3n) is 3.87. The number of hydrogen-bond donors (Lipinski definition) is 2. The Morgan fingerprint density at radius 3 is 2.47 bits per heavy atom. The Morgan fingerprint density at radius 2 is 2.00 bits per heavy atom. The highest BCUT2D eigenvalue weighted by Gasteiger charge is 2.52. The average molecular weight is 262 g/mol.